The van der Waals surface area contributed by atoms with Gasteiger partial charge in [-0.2, -0.15) is 0 Å². The number of hydrogen-bond donors (Lipinski definition) is 2. The lowest BCUT2D eigenvalue weighted by Gasteiger charge is -2.38. The first kappa shape index (κ1) is 25.7. The fraction of sp³-hybridized carbons (Fsp3) is 0.720. The number of nitrogens with zero attached hydrogens (tertiary/aromatic N) is 1. The first-order valence-corrected chi connectivity index (χ1v) is 13.8. The zero-order valence-corrected chi connectivity index (χ0v) is 21.3. The van der Waals surface area contributed by atoms with Crippen molar-refractivity contribution in [2.45, 2.75) is 69.9 Å². The van der Waals surface area contributed by atoms with E-state index in [1.165, 1.54) is 44.2 Å². The number of ether oxygens (including phenoxy) is 1. The summed E-state index contributed by atoms with van der Waals surface area (Å²) in [4.78, 5) is 15.0. The minimum Gasteiger partial charge on any atom is -0.373 e. The van der Waals surface area contributed by atoms with Gasteiger partial charge in [-0.15, -0.1) is 0 Å². The predicted molar refractivity (Wildman–Crippen MR) is 135 cm³/mol. The van der Waals surface area contributed by atoms with Crippen LogP contribution in [-0.4, -0.2) is 47.6 Å². The van der Waals surface area contributed by atoms with Crippen LogP contribution >= 0.6 is 22.6 Å². The lowest BCUT2D eigenvalue weighted by molar-refractivity contribution is -0.00957. The van der Waals surface area contributed by atoms with Crippen LogP contribution in [0.2, 0.25) is 0 Å². The third-order valence-electron chi connectivity index (χ3n) is 6.90. The molecule has 1 saturated carbocycles. The van der Waals surface area contributed by atoms with Gasteiger partial charge in [0.15, 0.2) is 0 Å². The summed E-state index contributed by atoms with van der Waals surface area (Å²) in [6, 6.07) is 6.66. The molecule has 1 aliphatic heterocycles. The Morgan fingerprint density at radius 3 is 2.62 bits per heavy atom. The van der Waals surface area contributed by atoms with Gasteiger partial charge in [-0.1, -0.05) is 66.8 Å². The molecule has 2 amide bonds. The molecule has 1 heterocycles. The van der Waals surface area contributed by atoms with Gasteiger partial charge >= 0.3 is 6.03 Å². The smallest absolute Gasteiger partial charge is 0.317 e. The van der Waals surface area contributed by atoms with Crippen molar-refractivity contribution in [3.8, 4) is 0 Å². The number of alkyl halides is 1. The Labute approximate surface area is 206 Å². The van der Waals surface area contributed by atoms with E-state index in [4.69, 9.17) is 10.5 Å². The number of nitrogens with two attached hydrogens (primary N) is 1. The summed E-state index contributed by atoms with van der Waals surface area (Å²) in [5.74, 6) is 0.639. The van der Waals surface area contributed by atoms with E-state index >= 15 is 0 Å². The summed E-state index contributed by atoms with van der Waals surface area (Å²) in [7, 11) is 0. The lowest BCUT2D eigenvalue weighted by atomic mass is 9.85. The number of carbonyl (C=O) groups is 1. The van der Waals surface area contributed by atoms with Gasteiger partial charge < -0.3 is 20.7 Å². The lowest BCUT2D eigenvalue weighted by Crippen LogP contribution is -2.51. The molecule has 1 aromatic carbocycles. The molecule has 0 aromatic heterocycles. The Morgan fingerprint density at radius 2 is 1.94 bits per heavy atom. The quantitative estimate of drug-likeness (QED) is 0.228. The highest BCUT2D eigenvalue weighted by atomic mass is 127. The van der Waals surface area contributed by atoms with Crippen LogP contribution in [0, 0.1) is 17.7 Å². The number of rotatable bonds is 10. The predicted octanol–water partition coefficient (Wildman–Crippen LogP) is 5.43. The molecule has 1 aliphatic carbocycles. The van der Waals surface area contributed by atoms with Crippen molar-refractivity contribution in [3.63, 3.8) is 0 Å². The highest BCUT2D eigenvalue weighted by molar-refractivity contribution is 14.1. The number of urea groups is 1. The van der Waals surface area contributed by atoms with E-state index in [1.54, 1.807) is 0 Å². The van der Waals surface area contributed by atoms with Crippen LogP contribution in [-0.2, 0) is 4.74 Å². The first-order valence-electron chi connectivity index (χ1n) is 12.3. The summed E-state index contributed by atoms with van der Waals surface area (Å²) in [5.41, 5.74) is 7.01. The standard InChI is InChI=1S/C25H39FIN3O2/c26-22-11-9-20(10-12-22)24(32-15-5-13-27)21-8-4-14-30(18-21)25(31)29-23(17-28)16-19-6-2-1-3-7-19/h9-12,19,21,23-24H,1-8,13-18,28H2,(H,29,31)/t21-,23+,24+/m1/s1. The fourth-order valence-corrected chi connectivity index (χ4v) is 5.48. The molecule has 1 aromatic rings. The Bertz CT molecular complexity index is 684. The van der Waals surface area contributed by atoms with E-state index in [2.05, 4.69) is 27.9 Å². The zero-order chi connectivity index (χ0) is 22.8. The summed E-state index contributed by atoms with van der Waals surface area (Å²) in [6.45, 7) is 2.56. The maximum atomic E-state index is 13.5. The molecule has 7 heteroatoms. The number of piperidine rings is 1. The highest BCUT2D eigenvalue weighted by Crippen LogP contribution is 2.33. The Balaban J connectivity index is 1.60. The van der Waals surface area contributed by atoms with Crippen molar-refractivity contribution in [2.75, 3.05) is 30.7 Å². The normalized spacial score (nSPS) is 21.8. The van der Waals surface area contributed by atoms with Crippen LogP contribution < -0.4 is 11.1 Å². The maximum absolute atomic E-state index is 13.5. The number of amides is 2. The van der Waals surface area contributed by atoms with Crippen molar-refractivity contribution >= 4 is 28.6 Å². The monoisotopic (exact) mass is 559 g/mol. The van der Waals surface area contributed by atoms with E-state index in [1.807, 2.05) is 17.0 Å². The number of halogens is 2. The number of carbonyl (C=O) groups excluding carboxylic acids is 1. The van der Waals surface area contributed by atoms with E-state index < -0.39 is 0 Å². The van der Waals surface area contributed by atoms with Gasteiger partial charge in [-0.3, -0.25) is 0 Å². The van der Waals surface area contributed by atoms with Gasteiger partial charge in [-0.05, 0) is 49.3 Å². The van der Waals surface area contributed by atoms with Crippen molar-refractivity contribution in [3.05, 3.63) is 35.6 Å². The molecule has 3 N–H and O–H groups in total. The number of nitrogens with one attached hydrogen (secondary N) is 1. The fourth-order valence-electron chi connectivity index (χ4n) is 5.17. The van der Waals surface area contributed by atoms with Crippen molar-refractivity contribution in [2.24, 2.45) is 17.6 Å². The summed E-state index contributed by atoms with van der Waals surface area (Å²) >= 11 is 2.35. The number of benzene rings is 1. The second-order valence-corrected chi connectivity index (χ2v) is 10.4. The molecule has 3 rings (SSSR count). The zero-order valence-electron chi connectivity index (χ0n) is 19.1. The Hall–Kier alpha value is -0.930. The largest absolute Gasteiger partial charge is 0.373 e. The number of hydrogen-bond acceptors (Lipinski definition) is 3. The van der Waals surface area contributed by atoms with Gasteiger partial charge in [0.25, 0.3) is 0 Å². The average molecular weight is 560 g/mol. The van der Waals surface area contributed by atoms with Crippen molar-refractivity contribution < 1.29 is 13.9 Å². The molecule has 0 bridgehead atoms. The molecule has 32 heavy (non-hydrogen) atoms. The minimum absolute atomic E-state index is 0.00826. The van der Waals surface area contributed by atoms with Gasteiger partial charge in [0, 0.05) is 42.6 Å². The van der Waals surface area contributed by atoms with Crippen LogP contribution in [0.4, 0.5) is 9.18 Å². The maximum Gasteiger partial charge on any atom is 0.317 e. The highest BCUT2D eigenvalue weighted by Gasteiger charge is 2.32. The van der Waals surface area contributed by atoms with Crippen LogP contribution in [0.5, 0.6) is 0 Å². The van der Waals surface area contributed by atoms with E-state index in [-0.39, 0.29) is 29.9 Å². The van der Waals surface area contributed by atoms with Gasteiger partial charge in [-0.25, -0.2) is 9.18 Å². The molecular weight excluding hydrogens is 520 g/mol. The molecule has 2 aliphatic rings. The van der Waals surface area contributed by atoms with Gasteiger partial charge in [0.2, 0.25) is 0 Å². The van der Waals surface area contributed by atoms with Crippen LogP contribution in [0.25, 0.3) is 0 Å². The SMILES string of the molecule is NC[C@H](CC1CCCCC1)NC(=O)N1CCC[C@@H]([C@@H](OCCCI)c2ccc(F)cc2)C1. The minimum atomic E-state index is -0.241. The van der Waals surface area contributed by atoms with Crippen molar-refractivity contribution in [1.82, 2.24) is 10.2 Å². The summed E-state index contributed by atoms with van der Waals surface area (Å²) in [5, 5.41) is 3.21. The molecule has 180 valence electrons. The molecule has 2 fully saturated rings. The Morgan fingerprint density at radius 1 is 1.19 bits per heavy atom. The second kappa shape index (κ2) is 13.7. The van der Waals surface area contributed by atoms with E-state index in [9.17, 15) is 9.18 Å². The van der Waals surface area contributed by atoms with Gasteiger partial charge in [0.05, 0.1) is 6.10 Å². The number of likely N-dealkylation sites (tertiary alicyclic amines) is 1. The van der Waals surface area contributed by atoms with Crippen LogP contribution in [0.1, 0.15) is 69.5 Å². The van der Waals surface area contributed by atoms with Crippen LogP contribution in [0.3, 0.4) is 0 Å². The Kier molecular flexibility index (Phi) is 11.0. The van der Waals surface area contributed by atoms with E-state index in [0.717, 1.165) is 42.2 Å². The summed E-state index contributed by atoms with van der Waals surface area (Å²) < 4.78 is 20.8. The molecule has 0 radical (unpaired) electrons. The van der Waals surface area contributed by atoms with Gasteiger partial charge in [0.1, 0.15) is 5.82 Å². The summed E-state index contributed by atoms with van der Waals surface area (Å²) in [6.07, 6.45) is 10.2. The van der Waals surface area contributed by atoms with Crippen LogP contribution in [0.15, 0.2) is 24.3 Å². The molecular formula is C25H39FIN3O2. The first-order chi connectivity index (χ1) is 15.6. The third-order valence-corrected chi connectivity index (χ3v) is 7.66. The second-order valence-electron chi connectivity index (χ2n) is 9.36. The van der Waals surface area contributed by atoms with Crippen molar-refractivity contribution in [1.29, 1.82) is 0 Å². The molecule has 3 atom stereocenters. The third kappa shape index (κ3) is 7.83. The molecule has 1 saturated heterocycles. The average Bonchev–Trinajstić information content (AvgIpc) is 2.83. The van der Waals surface area contributed by atoms with E-state index in [0.29, 0.717) is 25.6 Å². The topological polar surface area (TPSA) is 67.6 Å². The molecule has 5 nitrogen and oxygen atoms in total. The molecule has 0 unspecified atom stereocenters. The molecule has 0 spiro atoms.